The van der Waals surface area contributed by atoms with Crippen LogP contribution in [0.4, 0.5) is 5.69 Å². The average molecular weight is 449 g/mol. The van der Waals surface area contributed by atoms with Crippen molar-refractivity contribution in [3.63, 3.8) is 0 Å². The van der Waals surface area contributed by atoms with Crippen LogP contribution >= 0.6 is 11.3 Å². The van der Waals surface area contributed by atoms with Crippen molar-refractivity contribution < 1.29 is 9.59 Å². The molecule has 0 bridgehead atoms. The average Bonchev–Trinajstić information content (AvgIpc) is 3.22. The summed E-state index contributed by atoms with van der Waals surface area (Å²) in [6, 6.07) is 15.9. The van der Waals surface area contributed by atoms with E-state index in [1.54, 1.807) is 11.3 Å². The fourth-order valence-electron chi connectivity index (χ4n) is 4.06. The second-order valence-corrected chi connectivity index (χ2v) is 9.41. The van der Waals surface area contributed by atoms with Gasteiger partial charge < -0.3 is 11.1 Å². The number of carbonyl (C=O) groups excluding carboxylic acids is 2. The van der Waals surface area contributed by atoms with E-state index in [0.717, 1.165) is 59.0 Å². The highest BCUT2D eigenvalue weighted by Crippen LogP contribution is 2.22. The van der Waals surface area contributed by atoms with Gasteiger partial charge in [0.25, 0.3) is 0 Å². The van der Waals surface area contributed by atoms with E-state index >= 15 is 0 Å². The topological polar surface area (TPSA) is 88.3 Å². The van der Waals surface area contributed by atoms with E-state index in [4.69, 9.17) is 5.73 Å². The smallest absolute Gasteiger partial charge is 0.228 e. The van der Waals surface area contributed by atoms with Gasteiger partial charge in [-0.15, -0.1) is 11.3 Å². The van der Waals surface area contributed by atoms with Gasteiger partial charge in [0.05, 0.1) is 23.0 Å². The number of likely N-dealkylation sites (tertiary alicyclic amines) is 1. The highest BCUT2D eigenvalue weighted by molar-refractivity contribution is 7.09. The van der Waals surface area contributed by atoms with Gasteiger partial charge in [0, 0.05) is 29.7 Å². The number of piperidine rings is 1. The molecule has 0 saturated carbocycles. The summed E-state index contributed by atoms with van der Waals surface area (Å²) in [7, 11) is 0. The maximum Gasteiger partial charge on any atom is 0.228 e. The predicted molar refractivity (Wildman–Crippen MR) is 128 cm³/mol. The van der Waals surface area contributed by atoms with Crippen molar-refractivity contribution in [2.45, 2.75) is 32.7 Å². The summed E-state index contributed by atoms with van der Waals surface area (Å²) in [6.07, 6.45) is 2.19. The van der Waals surface area contributed by atoms with Crippen molar-refractivity contribution in [1.29, 1.82) is 0 Å². The normalized spacial score (nSPS) is 16.6. The number of aromatic nitrogens is 1. The van der Waals surface area contributed by atoms with Crippen molar-refractivity contribution in [3.8, 4) is 11.3 Å². The van der Waals surface area contributed by atoms with E-state index < -0.39 is 0 Å². The van der Waals surface area contributed by atoms with E-state index in [1.807, 2.05) is 60.8 Å². The molecule has 1 unspecified atom stereocenters. The highest BCUT2D eigenvalue weighted by Gasteiger charge is 2.23. The van der Waals surface area contributed by atoms with Crippen molar-refractivity contribution in [2.75, 3.05) is 18.4 Å². The van der Waals surface area contributed by atoms with Gasteiger partial charge in [-0.05, 0) is 49.6 Å². The number of anilines is 1. The highest BCUT2D eigenvalue weighted by atomic mass is 32.1. The standard InChI is InChI=1S/C25H28N4O2S/c1-17-27-23(16-32-17)20-8-4-18(5-9-20)13-24(30)28-22-10-6-19(7-11-22)14-29-12-2-3-21(15-29)25(26)31/h4-11,16,21H,2-3,12-15H2,1H3,(H2,26,31)(H,28,30). The first-order chi connectivity index (χ1) is 15.5. The number of thiazole rings is 1. The number of nitrogens with one attached hydrogen (secondary N) is 1. The molecule has 1 aliphatic rings. The summed E-state index contributed by atoms with van der Waals surface area (Å²) in [4.78, 5) is 30.7. The van der Waals surface area contributed by atoms with Crippen LogP contribution in [0.3, 0.4) is 0 Å². The van der Waals surface area contributed by atoms with E-state index in [2.05, 4.69) is 15.2 Å². The number of primary amides is 1. The Kier molecular flexibility index (Phi) is 6.97. The number of nitrogens with two attached hydrogens (primary N) is 1. The van der Waals surface area contributed by atoms with Gasteiger partial charge in [0.15, 0.2) is 0 Å². The van der Waals surface area contributed by atoms with E-state index in [-0.39, 0.29) is 17.7 Å². The fraction of sp³-hybridized carbons (Fsp3) is 0.320. The lowest BCUT2D eigenvalue weighted by Crippen LogP contribution is -2.40. The Labute approximate surface area is 192 Å². The third-order valence-electron chi connectivity index (χ3n) is 5.79. The Bertz CT molecular complexity index is 1080. The van der Waals surface area contributed by atoms with Crippen molar-refractivity contribution in [3.05, 3.63) is 70.0 Å². The van der Waals surface area contributed by atoms with Gasteiger partial charge in [-0.3, -0.25) is 14.5 Å². The zero-order valence-electron chi connectivity index (χ0n) is 18.2. The van der Waals surface area contributed by atoms with Crippen LogP contribution in [0.2, 0.25) is 0 Å². The molecule has 6 nitrogen and oxygen atoms in total. The Balaban J connectivity index is 1.28. The molecule has 3 N–H and O–H groups in total. The van der Waals surface area contributed by atoms with Crippen LogP contribution in [-0.2, 0) is 22.6 Å². The zero-order valence-corrected chi connectivity index (χ0v) is 19.0. The molecular formula is C25H28N4O2S. The number of amides is 2. The number of rotatable bonds is 7. The predicted octanol–water partition coefficient (Wildman–Crippen LogP) is 4.00. The van der Waals surface area contributed by atoms with Gasteiger partial charge in [-0.1, -0.05) is 36.4 Å². The third kappa shape index (κ3) is 5.81. The zero-order chi connectivity index (χ0) is 22.5. The summed E-state index contributed by atoms with van der Waals surface area (Å²) >= 11 is 1.63. The molecule has 1 atom stereocenters. The summed E-state index contributed by atoms with van der Waals surface area (Å²) in [5, 5.41) is 6.05. The van der Waals surface area contributed by atoms with E-state index in [0.29, 0.717) is 13.0 Å². The second-order valence-electron chi connectivity index (χ2n) is 8.35. The summed E-state index contributed by atoms with van der Waals surface area (Å²) in [5.41, 5.74) is 10.4. The minimum atomic E-state index is -0.208. The molecule has 32 heavy (non-hydrogen) atoms. The molecule has 3 aromatic rings. The molecular weight excluding hydrogens is 420 g/mol. The number of carbonyl (C=O) groups is 2. The molecule has 7 heteroatoms. The SMILES string of the molecule is Cc1nc(-c2ccc(CC(=O)Nc3ccc(CN4CCCC(C(N)=O)C4)cc3)cc2)cs1. The van der Waals surface area contributed by atoms with Crippen LogP contribution in [0.15, 0.2) is 53.9 Å². The minimum Gasteiger partial charge on any atom is -0.369 e. The van der Waals surface area contributed by atoms with Gasteiger partial charge >= 0.3 is 0 Å². The molecule has 1 aliphatic heterocycles. The number of benzene rings is 2. The summed E-state index contributed by atoms with van der Waals surface area (Å²) in [5.74, 6) is -0.307. The van der Waals surface area contributed by atoms with Gasteiger partial charge in [-0.2, -0.15) is 0 Å². The van der Waals surface area contributed by atoms with E-state index in [9.17, 15) is 9.59 Å². The number of aryl methyl sites for hydroxylation is 1. The van der Waals surface area contributed by atoms with Crippen LogP contribution in [0.25, 0.3) is 11.3 Å². The molecule has 1 aromatic heterocycles. The number of nitrogens with zero attached hydrogens (tertiary/aromatic N) is 2. The first-order valence-corrected chi connectivity index (χ1v) is 11.8. The Morgan fingerprint density at radius 2 is 1.84 bits per heavy atom. The van der Waals surface area contributed by atoms with Crippen molar-refractivity contribution in [1.82, 2.24) is 9.88 Å². The molecule has 1 saturated heterocycles. The van der Waals surface area contributed by atoms with Gasteiger partial charge in [0.1, 0.15) is 0 Å². The van der Waals surface area contributed by atoms with Crippen LogP contribution in [0, 0.1) is 12.8 Å². The van der Waals surface area contributed by atoms with Crippen LogP contribution < -0.4 is 11.1 Å². The lowest BCUT2D eigenvalue weighted by Gasteiger charge is -2.31. The minimum absolute atomic E-state index is 0.0460. The quantitative estimate of drug-likeness (QED) is 0.572. The largest absolute Gasteiger partial charge is 0.369 e. The van der Waals surface area contributed by atoms with Crippen LogP contribution in [0.1, 0.15) is 29.0 Å². The second kappa shape index (κ2) is 10.1. The van der Waals surface area contributed by atoms with E-state index in [1.165, 1.54) is 0 Å². The van der Waals surface area contributed by atoms with Gasteiger partial charge in [-0.25, -0.2) is 4.98 Å². The van der Waals surface area contributed by atoms with Crippen molar-refractivity contribution in [2.24, 2.45) is 11.7 Å². The Morgan fingerprint density at radius 1 is 1.12 bits per heavy atom. The molecule has 1 fully saturated rings. The first kappa shape index (κ1) is 22.2. The summed E-state index contributed by atoms with van der Waals surface area (Å²) < 4.78 is 0. The molecule has 0 spiro atoms. The molecule has 4 rings (SSSR count). The van der Waals surface area contributed by atoms with Crippen molar-refractivity contribution >= 4 is 28.8 Å². The molecule has 0 aliphatic carbocycles. The molecule has 2 aromatic carbocycles. The van der Waals surface area contributed by atoms with Crippen LogP contribution in [-0.4, -0.2) is 34.8 Å². The number of hydrogen-bond donors (Lipinski definition) is 2. The molecule has 2 heterocycles. The maximum absolute atomic E-state index is 12.5. The fourth-order valence-corrected chi connectivity index (χ4v) is 4.69. The summed E-state index contributed by atoms with van der Waals surface area (Å²) in [6.45, 7) is 4.47. The molecule has 166 valence electrons. The molecule has 2 amide bonds. The lowest BCUT2D eigenvalue weighted by molar-refractivity contribution is -0.123. The Hall–Kier alpha value is -3.03. The molecule has 0 radical (unpaired) electrons. The Morgan fingerprint density at radius 3 is 2.50 bits per heavy atom. The lowest BCUT2D eigenvalue weighted by atomic mass is 9.97. The van der Waals surface area contributed by atoms with Crippen LogP contribution in [0.5, 0.6) is 0 Å². The third-order valence-corrected chi connectivity index (χ3v) is 6.56. The maximum atomic E-state index is 12.5. The monoisotopic (exact) mass is 448 g/mol. The first-order valence-electron chi connectivity index (χ1n) is 10.9. The van der Waals surface area contributed by atoms with Gasteiger partial charge in [0.2, 0.25) is 11.8 Å². The number of hydrogen-bond acceptors (Lipinski definition) is 5.